The molecule has 1 aromatic heterocycles. The molecule has 1 heterocycles. The second-order valence-corrected chi connectivity index (χ2v) is 7.24. The van der Waals surface area contributed by atoms with Crippen LogP contribution in [0.2, 0.25) is 0 Å². The zero-order valence-electron chi connectivity index (χ0n) is 19.2. The molecule has 0 saturated carbocycles. The number of rotatable bonds is 11. The fraction of sp³-hybridized carbons (Fsp3) is 0.360. The number of nitrogens with one attached hydrogen (secondary N) is 2. The van der Waals surface area contributed by atoms with Crippen molar-refractivity contribution in [2.24, 2.45) is 4.99 Å². The first-order valence-electron chi connectivity index (χ1n) is 11.1. The third-order valence-electron chi connectivity index (χ3n) is 4.96. The highest BCUT2D eigenvalue weighted by molar-refractivity contribution is 5.93. The summed E-state index contributed by atoms with van der Waals surface area (Å²) in [5.74, 6) is 3.04. The molecule has 0 atom stereocenters. The van der Waals surface area contributed by atoms with Gasteiger partial charge in [0.2, 0.25) is 0 Å². The summed E-state index contributed by atoms with van der Waals surface area (Å²) in [5, 5.41) is 6.62. The molecule has 7 heteroatoms. The Hall–Kier alpha value is -3.48. The van der Waals surface area contributed by atoms with Crippen molar-refractivity contribution in [2.45, 2.75) is 39.8 Å². The first-order chi connectivity index (χ1) is 15.7. The van der Waals surface area contributed by atoms with Crippen LogP contribution in [0.3, 0.4) is 0 Å². The van der Waals surface area contributed by atoms with Crippen LogP contribution in [0.1, 0.15) is 31.7 Å². The first kappa shape index (κ1) is 23.2. The van der Waals surface area contributed by atoms with Gasteiger partial charge < -0.3 is 24.7 Å². The third kappa shape index (κ3) is 6.77. The highest BCUT2D eigenvalue weighted by Crippen LogP contribution is 2.30. The van der Waals surface area contributed by atoms with Gasteiger partial charge in [-0.2, -0.15) is 0 Å². The molecule has 3 rings (SSSR count). The summed E-state index contributed by atoms with van der Waals surface area (Å²) in [4.78, 5) is 9.24. The van der Waals surface area contributed by atoms with Crippen LogP contribution in [-0.2, 0) is 19.5 Å². The van der Waals surface area contributed by atoms with Crippen LogP contribution in [0, 0.1) is 0 Å². The van der Waals surface area contributed by atoms with Crippen LogP contribution in [0.25, 0.3) is 0 Å². The van der Waals surface area contributed by atoms with E-state index in [2.05, 4.69) is 50.5 Å². The lowest BCUT2D eigenvalue weighted by Gasteiger charge is -2.14. The standard InChI is InChI=1S/C25H33N5O2/c1-4-26-25(29-21-13-14-22(32-5-2)23(18-21)31-3)28-19-24-27-15-17-30(24)16-9-12-20-10-7-6-8-11-20/h6-8,10-11,13-15,17-18H,4-5,9,12,16,19H2,1-3H3,(H2,26,28,29). The van der Waals surface area contributed by atoms with Crippen LogP contribution >= 0.6 is 0 Å². The van der Waals surface area contributed by atoms with Gasteiger partial charge in [-0.1, -0.05) is 30.3 Å². The lowest BCUT2D eigenvalue weighted by molar-refractivity contribution is 0.311. The van der Waals surface area contributed by atoms with Crippen molar-refractivity contribution < 1.29 is 9.47 Å². The third-order valence-corrected chi connectivity index (χ3v) is 4.96. The molecule has 32 heavy (non-hydrogen) atoms. The highest BCUT2D eigenvalue weighted by atomic mass is 16.5. The summed E-state index contributed by atoms with van der Waals surface area (Å²) >= 11 is 0. The predicted molar refractivity (Wildman–Crippen MR) is 130 cm³/mol. The Morgan fingerprint density at radius 3 is 2.69 bits per heavy atom. The molecule has 2 N–H and O–H groups in total. The van der Waals surface area contributed by atoms with Gasteiger partial charge in [-0.3, -0.25) is 0 Å². The maximum atomic E-state index is 5.60. The van der Waals surface area contributed by atoms with E-state index in [9.17, 15) is 0 Å². The number of aliphatic imine (C=N–C) groups is 1. The number of anilines is 1. The Labute approximate surface area is 190 Å². The van der Waals surface area contributed by atoms with E-state index < -0.39 is 0 Å². The summed E-state index contributed by atoms with van der Waals surface area (Å²) < 4.78 is 13.2. The molecule has 0 bridgehead atoms. The summed E-state index contributed by atoms with van der Waals surface area (Å²) in [6.45, 7) is 6.74. The zero-order valence-corrected chi connectivity index (χ0v) is 19.2. The number of guanidine groups is 1. The average molecular weight is 436 g/mol. The molecule has 0 amide bonds. The number of aromatic nitrogens is 2. The minimum absolute atomic E-state index is 0.488. The number of hydrogen-bond donors (Lipinski definition) is 2. The van der Waals surface area contributed by atoms with Crippen LogP contribution < -0.4 is 20.1 Å². The second kappa shape index (κ2) is 12.4. The molecule has 0 aliphatic rings. The largest absolute Gasteiger partial charge is 0.493 e. The predicted octanol–water partition coefficient (Wildman–Crippen LogP) is 4.50. The molecule has 0 unspecified atom stereocenters. The monoisotopic (exact) mass is 435 g/mol. The molecule has 0 radical (unpaired) electrons. The minimum Gasteiger partial charge on any atom is -0.493 e. The van der Waals surface area contributed by atoms with Crippen LogP contribution in [-0.4, -0.2) is 35.8 Å². The van der Waals surface area contributed by atoms with Gasteiger partial charge in [0.05, 0.1) is 13.7 Å². The van der Waals surface area contributed by atoms with E-state index in [1.54, 1.807) is 7.11 Å². The SMILES string of the molecule is CCNC(=NCc1nccn1CCCc1ccccc1)Nc1ccc(OCC)c(OC)c1. The normalized spacial score (nSPS) is 11.3. The maximum absolute atomic E-state index is 5.60. The molecular weight excluding hydrogens is 402 g/mol. The summed E-state index contributed by atoms with van der Waals surface area (Å²) in [6.07, 6.45) is 5.96. The summed E-state index contributed by atoms with van der Waals surface area (Å²) in [5.41, 5.74) is 2.23. The van der Waals surface area contributed by atoms with Crippen molar-refractivity contribution >= 4 is 11.6 Å². The summed E-state index contributed by atoms with van der Waals surface area (Å²) in [7, 11) is 1.64. The molecule has 7 nitrogen and oxygen atoms in total. The van der Waals surface area contributed by atoms with Crippen molar-refractivity contribution in [3.05, 3.63) is 72.3 Å². The summed E-state index contributed by atoms with van der Waals surface area (Å²) in [6, 6.07) is 16.3. The van der Waals surface area contributed by atoms with Crippen LogP contribution in [0.5, 0.6) is 11.5 Å². The van der Waals surface area contributed by atoms with Gasteiger partial charge >= 0.3 is 0 Å². The molecule has 0 spiro atoms. The number of aryl methyl sites for hydroxylation is 2. The van der Waals surface area contributed by atoms with Gasteiger partial charge in [-0.15, -0.1) is 0 Å². The number of imidazole rings is 1. The van der Waals surface area contributed by atoms with E-state index in [-0.39, 0.29) is 0 Å². The lowest BCUT2D eigenvalue weighted by Crippen LogP contribution is -2.30. The van der Waals surface area contributed by atoms with Gasteiger partial charge in [0.15, 0.2) is 17.5 Å². The molecule has 0 saturated heterocycles. The molecule has 0 fully saturated rings. The number of hydrogen-bond acceptors (Lipinski definition) is 4. The fourth-order valence-electron chi connectivity index (χ4n) is 3.41. The molecule has 170 valence electrons. The molecule has 0 aliphatic carbocycles. The Morgan fingerprint density at radius 1 is 1.09 bits per heavy atom. The van der Waals surface area contributed by atoms with Gasteiger partial charge in [-0.25, -0.2) is 9.98 Å². The van der Waals surface area contributed by atoms with Crippen molar-refractivity contribution in [2.75, 3.05) is 25.6 Å². The zero-order chi connectivity index (χ0) is 22.6. The first-order valence-corrected chi connectivity index (χ1v) is 11.1. The smallest absolute Gasteiger partial charge is 0.196 e. The maximum Gasteiger partial charge on any atom is 0.196 e. The Bertz CT molecular complexity index is 985. The van der Waals surface area contributed by atoms with Crippen molar-refractivity contribution in [3.8, 4) is 11.5 Å². The molecule has 2 aromatic carbocycles. The number of nitrogens with zero attached hydrogens (tertiary/aromatic N) is 3. The molecule has 0 aliphatic heterocycles. The number of ether oxygens (including phenoxy) is 2. The van der Waals surface area contributed by atoms with E-state index in [0.29, 0.717) is 24.9 Å². The van der Waals surface area contributed by atoms with Gasteiger partial charge in [-0.05, 0) is 44.4 Å². The topological polar surface area (TPSA) is 72.7 Å². The number of benzene rings is 2. The van der Waals surface area contributed by atoms with Gasteiger partial charge in [0.25, 0.3) is 0 Å². The van der Waals surface area contributed by atoms with E-state index in [1.807, 2.05) is 44.4 Å². The quantitative estimate of drug-likeness (QED) is 0.343. The van der Waals surface area contributed by atoms with Gasteiger partial charge in [0.1, 0.15) is 12.4 Å². The Balaban J connectivity index is 1.62. The van der Waals surface area contributed by atoms with Gasteiger partial charge in [0, 0.05) is 37.2 Å². The fourth-order valence-corrected chi connectivity index (χ4v) is 3.41. The molecule has 3 aromatic rings. The van der Waals surface area contributed by atoms with Crippen molar-refractivity contribution in [1.82, 2.24) is 14.9 Å². The minimum atomic E-state index is 0.488. The highest BCUT2D eigenvalue weighted by Gasteiger charge is 2.08. The van der Waals surface area contributed by atoms with E-state index in [4.69, 9.17) is 14.5 Å². The van der Waals surface area contributed by atoms with Crippen LogP contribution in [0.4, 0.5) is 5.69 Å². The van der Waals surface area contributed by atoms with E-state index >= 15 is 0 Å². The Morgan fingerprint density at radius 2 is 1.94 bits per heavy atom. The van der Waals surface area contributed by atoms with Crippen molar-refractivity contribution in [1.29, 1.82) is 0 Å². The van der Waals surface area contributed by atoms with Crippen LogP contribution in [0.15, 0.2) is 65.9 Å². The number of methoxy groups -OCH3 is 1. The van der Waals surface area contributed by atoms with E-state index in [0.717, 1.165) is 43.2 Å². The lowest BCUT2D eigenvalue weighted by atomic mass is 10.1. The van der Waals surface area contributed by atoms with Crippen molar-refractivity contribution in [3.63, 3.8) is 0 Å². The molecular formula is C25H33N5O2. The average Bonchev–Trinajstić information content (AvgIpc) is 3.26. The second-order valence-electron chi connectivity index (χ2n) is 7.24. The van der Waals surface area contributed by atoms with E-state index in [1.165, 1.54) is 5.56 Å². The Kier molecular flexibility index (Phi) is 8.98.